The van der Waals surface area contributed by atoms with Gasteiger partial charge in [0.05, 0.1) is 12.2 Å². The van der Waals surface area contributed by atoms with E-state index in [2.05, 4.69) is 10.6 Å². The van der Waals surface area contributed by atoms with Crippen LogP contribution in [0.25, 0.3) is 0 Å². The van der Waals surface area contributed by atoms with E-state index in [1.807, 2.05) is 13.0 Å². The molecule has 1 aliphatic carbocycles. The first-order chi connectivity index (χ1) is 8.16. The highest BCUT2D eigenvalue weighted by Gasteiger charge is 2.21. The van der Waals surface area contributed by atoms with Gasteiger partial charge in [-0.05, 0) is 37.3 Å². The number of carbonyl (C=O) groups is 1. The van der Waals surface area contributed by atoms with Gasteiger partial charge in [0.1, 0.15) is 5.82 Å². The molecule has 0 bridgehead atoms. The third kappa shape index (κ3) is 3.44. The van der Waals surface area contributed by atoms with Crippen molar-refractivity contribution >= 4 is 11.6 Å². The van der Waals surface area contributed by atoms with Gasteiger partial charge in [-0.15, -0.1) is 0 Å². The zero-order valence-corrected chi connectivity index (χ0v) is 9.92. The van der Waals surface area contributed by atoms with Crippen molar-refractivity contribution in [1.82, 2.24) is 5.32 Å². The van der Waals surface area contributed by atoms with E-state index in [-0.39, 0.29) is 18.3 Å². The van der Waals surface area contributed by atoms with Gasteiger partial charge in [-0.1, -0.05) is 12.1 Å². The van der Waals surface area contributed by atoms with Crippen molar-refractivity contribution in [1.29, 1.82) is 0 Å². The Balaban J connectivity index is 1.81. The van der Waals surface area contributed by atoms with E-state index >= 15 is 0 Å². The molecule has 0 aromatic heterocycles. The first-order valence-electron chi connectivity index (χ1n) is 5.92. The van der Waals surface area contributed by atoms with E-state index in [1.54, 1.807) is 6.07 Å². The van der Waals surface area contributed by atoms with Crippen molar-refractivity contribution in [2.75, 3.05) is 18.4 Å². The molecule has 17 heavy (non-hydrogen) atoms. The Morgan fingerprint density at radius 1 is 1.47 bits per heavy atom. The highest BCUT2D eigenvalue weighted by atomic mass is 19.1. The molecule has 0 heterocycles. The molecule has 1 amide bonds. The van der Waals surface area contributed by atoms with Crippen molar-refractivity contribution in [3.8, 4) is 0 Å². The summed E-state index contributed by atoms with van der Waals surface area (Å²) < 4.78 is 13.4. The summed E-state index contributed by atoms with van der Waals surface area (Å²) in [6.07, 6.45) is 2.42. The summed E-state index contributed by atoms with van der Waals surface area (Å²) >= 11 is 0. The third-order valence-electron chi connectivity index (χ3n) is 2.93. The summed E-state index contributed by atoms with van der Waals surface area (Å²) in [6.45, 7) is 2.68. The Morgan fingerprint density at radius 2 is 2.24 bits per heavy atom. The summed E-state index contributed by atoms with van der Waals surface area (Å²) in [4.78, 5) is 11.5. The number of aryl methyl sites for hydroxylation is 1. The van der Waals surface area contributed by atoms with Crippen molar-refractivity contribution in [3.05, 3.63) is 29.6 Å². The molecule has 1 saturated carbocycles. The van der Waals surface area contributed by atoms with Crippen LogP contribution in [-0.4, -0.2) is 19.0 Å². The predicted octanol–water partition coefficient (Wildman–Crippen LogP) is 2.07. The molecule has 4 heteroatoms. The lowest BCUT2D eigenvalue weighted by Crippen LogP contribution is -2.31. The number of rotatable bonds is 5. The average molecular weight is 236 g/mol. The van der Waals surface area contributed by atoms with Crippen LogP contribution in [0.3, 0.4) is 0 Å². The van der Waals surface area contributed by atoms with Gasteiger partial charge >= 0.3 is 0 Å². The number of para-hydroxylation sites is 1. The lowest BCUT2D eigenvalue weighted by molar-refractivity contribution is -0.119. The quantitative estimate of drug-likeness (QED) is 0.821. The van der Waals surface area contributed by atoms with Crippen LogP contribution < -0.4 is 10.6 Å². The van der Waals surface area contributed by atoms with E-state index in [0.717, 1.165) is 12.1 Å². The number of hydrogen-bond donors (Lipinski definition) is 2. The summed E-state index contributed by atoms with van der Waals surface area (Å²) in [5.74, 6) is 0.258. The fourth-order valence-electron chi connectivity index (χ4n) is 1.67. The van der Waals surface area contributed by atoms with Crippen LogP contribution in [0.1, 0.15) is 18.4 Å². The fourth-order valence-corrected chi connectivity index (χ4v) is 1.67. The number of benzene rings is 1. The van der Waals surface area contributed by atoms with Gasteiger partial charge in [0.15, 0.2) is 0 Å². The minimum Gasteiger partial charge on any atom is -0.374 e. The highest BCUT2D eigenvalue weighted by molar-refractivity contribution is 5.81. The molecular formula is C13H17FN2O. The Bertz CT molecular complexity index is 396. The van der Waals surface area contributed by atoms with Gasteiger partial charge in [-0.3, -0.25) is 4.79 Å². The summed E-state index contributed by atoms with van der Waals surface area (Å²) in [5, 5.41) is 5.67. The first kappa shape index (κ1) is 11.9. The molecule has 3 nitrogen and oxygen atoms in total. The fraction of sp³-hybridized carbons (Fsp3) is 0.462. The molecule has 0 atom stereocenters. The molecule has 2 N–H and O–H groups in total. The van der Waals surface area contributed by atoms with Crippen LogP contribution in [0.4, 0.5) is 10.1 Å². The van der Waals surface area contributed by atoms with E-state index < -0.39 is 0 Å². The number of hydrogen-bond acceptors (Lipinski definition) is 2. The normalized spacial score (nSPS) is 14.5. The standard InChI is InChI=1S/C13H17FN2O/c1-9-3-2-4-11(14)13(9)16-8-12(17)15-7-10-5-6-10/h2-4,10,16H,5-8H2,1H3,(H,15,17). The van der Waals surface area contributed by atoms with Gasteiger partial charge < -0.3 is 10.6 Å². The second kappa shape index (κ2) is 5.17. The molecule has 92 valence electrons. The molecule has 0 aliphatic heterocycles. The largest absolute Gasteiger partial charge is 0.374 e. The Labute approximate surface area is 100 Å². The molecule has 0 saturated heterocycles. The summed E-state index contributed by atoms with van der Waals surface area (Å²) in [6, 6.07) is 4.86. The van der Waals surface area contributed by atoms with Crippen molar-refractivity contribution in [2.24, 2.45) is 5.92 Å². The molecule has 0 unspecified atom stereocenters. The zero-order valence-electron chi connectivity index (χ0n) is 9.92. The number of halogens is 1. The minimum absolute atomic E-state index is 0.0837. The molecule has 0 spiro atoms. The molecule has 2 rings (SSSR count). The Kier molecular flexibility index (Phi) is 3.61. The van der Waals surface area contributed by atoms with E-state index in [9.17, 15) is 9.18 Å². The zero-order chi connectivity index (χ0) is 12.3. The Morgan fingerprint density at radius 3 is 2.88 bits per heavy atom. The van der Waals surface area contributed by atoms with Crippen LogP contribution >= 0.6 is 0 Å². The molecule has 1 fully saturated rings. The first-order valence-corrected chi connectivity index (χ1v) is 5.92. The second-order valence-corrected chi connectivity index (χ2v) is 4.53. The van der Waals surface area contributed by atoms with Crippen LogP contribution in [0.5, 0.6) is 0 Å². The molecule has 1 aromatic rings. The number of nitrogens with one attached hydrogen (secondary N) is 2. The minimum atomic E-state index is -0.319. The lowest BCUT2D eigenvalue weighted by Gasteiger charge is -2.10. The molecule has 1 aromatic carbocycles. The van der Waals surface area contributed by atoms with Crippen molar-refractivity contribution in [2.45, 2.75) is 19.8 Å². The second-order valence-electron chi connectivity index (χ2n) is 4.53. The van der Waals surface area contributed by atoms with E-state index in [0.29, 0.717) is 11.6 Å². The van der Waals surface area contributed by atoms with Crippen LogP contribution in [0.2, 0.25) is 0 Å². The number of carbonyl (C=O) groups excluding carboxylic acids is 1. The van der Waals surface area contributed by atoms with Crippen LogP contribution in [0.15, 0.2) is 18.2 Å². The van der Waals surface area contributed by atoms with Gasteiger partial charge in [-0.25, -0.2) is 4.39 Å². The van der Waals surface area contributed by atoms with Crippen molar-refractivity contribution < 1.29 is 9.18 Å². The van der Waals surface area contributed by atoms with E-state index in [4.69, 9.17) is 0 Å². The maximum atomic E-state index is 13.4. The molecule has 0 radical (unpaired) electrons. The topological polar surface area (TPSA) is 41.1 Å². The average Bonchev–Trinajstić information content (AvgIpc) is 3.09. The smallest absolute Gasteiger partial charge is 0.239 e. The maximum absolute atomic E-state index is 13.4. The van der Waals surface area contributed by atoms with Crippen LogP contribution in [-0.2, 0) is 4.79 Å². The lowest BCUT2D eigenvalue weighted by atomic mass is 10.2. The Hall–Kier alpha value is -1.58. The monoisotopic (exact) mass is 236 g/mol. The number of anilines is 1. The maximum Gasteiger partial charge on any atom is 0.239 e. The molecular weight excluding hydrogens is 219 g/mol. The summed E-state index contributed by atoms with van der Waals surface area (Å²) in [7, 11) is 0. The summed E-state index contributed by atoms with van der Waals surface area (Å²) in [5.41, 5.74) is 1.22. The number of amides is 1. The van der Waals surface area contributed by atoms with Gasteiger partial charge in [-0.2, -0.15) is 0 Å². The van der Waals surface area contributed by atoms with E-state index in [1.165, 1.54) is 18.9 Å². The third-order valence-corrected chi connectivity index (χ3v) is 2.93. The molecule has 1 aliphatic rings. The SMILES string of the molecule is Cc1cccc(F)c1NCC(=O)NCC1CC1. The van der Waals surface area contributed by atoms with Gasteiger partial charge in [0.2, 0.25) is 5.91 Å². The van der Waals surface area contributed by atoms with Crippen molar-refractivity contribution in [3.63, 3.8) is 0 Å². The van der Waals surface area contributed by atoms with Gasteiger partial charge in [0.25, 0.3) is 0 Å². The van der Waals surface area contributed by atoms with Gasteiger partial charge in [0, 0.05) is 6.54 Å². The predicted molar refractivity (Wildman–Crippen MR) is 65.4 cm³/mol. The highest BCUT2D eigenvalue weighted by Crippen LogP contribution is 2.27. The van der Waals surface area contributed by atoms with Crippen LogP contribution in [0, 0.1) is 18.7 Å².